The Bertz CT molecular complexity index is 342. The predicted molar refractivity (Wildman–Crippen MR) is 46.3 cm³/mol. The average molecular weight is 181 g/mol. The van der Waals surface area contributed by atoms with Crippen LogP contribution in [0.1, 0.15) is 27.6 Å². The SMILES string of the molecule is CC(=O)c1cc(N)cc(C(=O)F)c1. The summed E-state index contributed by atoms with van der Waals surface area (Å²) in [6, 6.07) is 2.18. The average Bonchev–Trinajstić information content (AvgIpc) is 2.03. The van der Waals surface area contributed by atoms with Gasteiger partial charge >= 0.3 is 6.04 Å². The molecule has 1 aromatic carbocycles. The maximum absolute atomic E-state index is 12.3. The zero-order valence-corrected chi connectivity index (χ0v) is 7.00. The molecular formula is C9H8FNO2. The molecule has 0 heterocycles. The number of halogens is 1. The van der Waals surface area contributed by atoms with Crippen molar-refractivity contribution in [3.8, 4) is 0 Å². The summed E-state index contributed by atoms with van der Waals surface area (Å²) in [5.74, 6) is -0.255. The summed E-state index contributed by atoms with van der Waals surface area (Å²) in [6.45, 7) is 1.32. The molecule has 0 aromatic heterocycles. The number of carbonyl (C=O) groups is 2. The van der Waals surface area contributed by atoms with Gasteiger partial charge < -0.3 is 5.73 Å². The molecule has 3 nitrogen and oxygen atoms in total. The molecule has 0 atom stereocenters. The van der Waals surface area contributed by atoms with Gasteiger partial charge in [-0.3, -0.25) is 9.59 Å². The summed E-state index contributed by atoms with van der Waals surface area (Å²) in [5.41, 5.74) is 5.61. The molecule has 0 saturated heterocycles. The van der Waals surface area contributed by atoms with Gasteiger partial charge in [0.05, 0.1) is 5.56 Å². The van der Waals surface area contributed by atoms with Crippen molar-refractivity contribution in [3.63, 3.8) is 0 Å². The molecule has 0 aliphatic rings. The van der Waals surface area contributed by atoms with Crippen LogP contribution in [-0.2, 0) is 0 Å². The monoisotopic (exact) mass is 181 g/mol. The van der Waals surface area contributed by atoms with E-state index in [-0.39, 0.29) is 22.6 Å². The highest BCUT2D eigenvalue weighted by Gasteiger charge is 2.08. The highest BCUT2D eigenvalue weighted by atomic mass is 19.1. The Morgan fingerprint density at radius 3 is 2.23 bits per heavy atom. The van der Waals surface area contributed by atoms with E-state index in [0.717, 1.165) is 0 Å². The van der Waals surface area contributed by atoms with E-state index >= 15 is 0 Å². The second kappa shape index (κ2) is 3.35. The molecule has 0 unspecified atom stereocenters. The molecule has 0 aliphatic carbocycles. The lowest BCUT2D eigenvalue weighted by Gasteiger charge is -2.00. The lowest BCUT2D eigenvalue weighted by atomic mass is 10.1. The van der Waals surface area contributed by atoms with Crippen molar-refractivity contribution >= 4 is 17.5 Å². The van der Waals surface area contributed by atoms with Gasteiger partial charge in [-0.15, -0.1) is 0 Å². The molecule has 4 heteroatoms. The summed E-state index contributed by atoms with van der Waals surface area (Å²) in [4.78, 5) is 21.2. The maximum Gasteiger partial charge on any atom is 0.332 e. The van der Waals surface area contributed by atoms with Gasteiger partial charge in [-0.2, -0.15) is 4.39 Å². The Kier molecular flexibility index (Phi) is 2.41. The minimum absolute atomic E-state index is 0.190. The number of hydrogen-bond donors (Lipinski definition) is 1. The van der Waals surface area contributed by atoms with Crippen molar-refractivity contribution in [1.29, 1.82) is 0 Å². The topological polar surface area (TPSA) is 60.2 Å². The molecule has 0 spiro atoms. The fraction of sp³-hybridized carbons (Fsp3) is 0.111. The van der Waals surface area contributed by atoms with Crippen LogP contribution in [0.5, 0.6) is 0 Å². The van der Waals surface area contributed by atoms with Crippen molar-refractivity contribution < 1.29 is 14.0 Å². The van der Waals surface area contributed by atoms with Crippen LogP contribution in [0, 0.1) is 0 Å². The van der Waals surface area contributed by atoms with Crippen LogP contribution in [-0.4, -0.2) is 11.8 Å². The van der Waals surface area contributed by atoms with Crippen LogP contribution in [0.15, 0.2) is 18.2 Å². The number of benzene rings is 1. The van der Waals surface area contributed by atoms with Gasteiger partial charge in [0.2, 0.25) is 0 Å². The Balaban J connectivity index is 3.26. The number of Topliss-reactive ketones (excluding diaryl/α,β-unsaturated/α-hetero) is 1. The number of anilines is 1. The number of nitrogen functional groups attached to an aromatic ring is 1. The van der Waals surface area contributed by atoms with E-state index in [1.807, 2.05) is 0 Å². The largest absolute Gasteiger partial charge is 0.399 e. The van der Waals surface area contributed by atoms with E-state index in [1.165, 1.54) is 25.1 Å². The molecule has 0 radical (unpaired) electrons. The second-order valence-corrected chi connectivity index (χ2v) is 2.67. The normalized spacial score (nSPS) is 9.69. The summed E-state index contributed by atoms with van der Waals surface area (Å²) < 4.78 is 12.3. The van der Waals surface area contributed by atoms with E-state index in [0.29, 0.717) is 0 Å². The number of carbonyl (C=O) groups excluding carboxylic acids is 2. The highest BCUT2D eigenvalue weighted by Crippen LogP contribution is 2.13. The first-order valence-corrected chi connectivity index (χ1v) is 3.62. The molecular weight excluding hydrogens is 173 g/mol. The summed E-state index contributed by atoms with van der Waals surface area (Å²) in [6.07, 6.45) is 0. The van der Waals surface area contributed by atoms with Crippen LogP contribution >= 0.6 is 0 Å². The Labute approximate surface area is 74.4 Å². The van der Waals surface area contributed by atoms with Gasteiger partial charge in [0.25, 0.3) is 0 Å². The van der Waals surface area contributed by atoms with Crippen molar-refractivity contribution in [3.05, 3.63) is 29.3 Å². The van der Waals surface area contributed by atoms with Crippen LogP contribution in [0.2, 0.25) is 0 Å². The molecule has 0 amide bonds. The first-order chi connectivity index (χ1) is 6.00. The number of rotatable bonds is 2. The number of ketones is 1. The zero-order chi connectivity index (χ0) is 10.0. The van der Waals surface area contributed by atoms with Crippen molar-refractivity contribution in [2.75, 3.05) is 5.73 Å². The summed E-state index contributed by atoms with van der Waals surface area (Å²) >= 11 is 0. The molecule has 2 N–H and O–H groups in total. The van der Waals surface area contributed by atoms with Crippen molar-refractivity contribution in [2.24, 2.45) is 0 Å². The third-order valence-corrected chi connectivity index (χ3v) is 1.59. The van der Waals surface area contributed by atoms with Gasteiger partial charge in [0, 0.05) is 11.3 Å². The summed E-state index contributed by atoms with van der Waals surface area (Å²) in [7, 11) is 0. The fourth-order valence-electron chi connectivity index (χ4n) is 0.968. The van der Waals surface area contributed by atoms with Crippen molar-refractivity contribution in [2.45, 2.75) is 6.92 Å². The second-order valence-electron chi connectivity index (χ2n) is 2.67. The van der Waals surface area contributed by atoms with Crippen LogP contribution < -0.4 is 5.73 Å². The van der Waals surface area contributed by atoms with E-state index in [4.69, 9.17) is 5.73 Å². The van der Waals surface area contributed by atoms with E-state index in [9.17, 15) is 14.0 Å². The van der Waals surface area contributed by atoms with Crippen LogP contribution in [0.4, 0.5) is 10.1 Å². The molecule has 0 fully saturated rings. The quantitative estimate of drug-likeness (QED) is 0.428. The van der Waals surface area contributed by atoms with E-state index in [2.05, 4.69) is 0 Å². The molecule has 13 heavy (non-hydrogen) atoms. The molecule has 1 rings (SSSR count). The Morgan fingerprint density at radius 2 is 1.77 bits per heavy atom. The van der Waals surface area contributed by atoms with Gasteiger partial charge in [-0.1, -0.05) is 0 Å². The van der Waals surface area contributed by atoms with Gasteiger partial charge in [0.15, 0.2) is 5.78 Å². The summed E-state index contributed by atoms with van der Waals surface area (Å²) in [5, 5.41) is 0. The number of nitrogens with two attached hydrogens (primary N) is 1. The van der Waals surface area contributed by atoms with E-state index in [1.54, 1.807) is 0 Å². The fourth-order valence-corrected chi connectivity index (χ4v) is 0.968. The van der Waals surface area contributed by atoms with Gasteiger partial charge in [0.1, 0.15) is 0 Å². The molecule has 0 aliphatic heterocycles. The maximum atomic E-state index is 12.3. The predicted octanol–water partition coefficient (Wildman–Crippen LogP) is 1.58. The minimum Gasteiger partial charge on any atom is -0.399 e. The minimum atomic E-state index is -1.59. The molecule has 68 valence electrons. The lowest BCUT2D eigenvalue weighted by molar-refractivity contribution is 0.0836. The molecule has 0 bridgehead atoms. The first-order valence-electron chi connectivity index (χ1n) is 3.62. The van der Waals surface area contributed by atoms with Crippen LogP contribution in [0.25, 0.3) is 0 Å². The smallest absolute Gasteiger partial charge is 0.332 e. The lowest BCUT2D eigenvalue weighted by Crippen LogP contribution is -1.99. The third-order valence-electron chi connectivity index (χ3n) is 1.59. The van der Waals surface area contributed by atoms with Gasteiger partial charge in [-0.25, -0.2) is 0 Å². The van der Waals surface area contributed by atoms with Crippen LogP contribution in [0.3, 0.4) is 0 Å². The first kappa shape index (κ1) is 9.38. The molecule has 0 saturated carbocycles. The Hall–Kier alpha value is -1.71. The van der Waals surface area contributed by atoms with E-state index < -0.39 is 6.04 Å². The Morgan fingerprint density at radius 1 is 1.23 bits per heavy atom. The van der Waals surface area contributed by atoms with Gasteiger partial charge in [-0.05, 0) is 25.1 Å². The third kappa shape index (κ3) is 2.11. The molecule has 1 aromatic rings. The number of hydrogen-bond acceptors (Lipinski definition) is 3. The van der Waals surface area contributed by atoms with Crippen molar-refractivity contribution in [1.82, 2.24) is 0 Å². The zero-order valence-electron chi connectivity index (χ0n) is 7.00. The standard InChI is InChI=1S/C9H8FNO2/c1-5(12)6-2-7(9(10)13)4-8(11)3-6/h2-4H,11H2,1H3. The highest BCUT2D eigenvalue weighted by molar-refractivity contribution is 5.98.